The van der Waals surface area contributed by atoms with Crippen molar-refractivity contribution in [2.45, 2.75) is 31.1 Å². The molecule has 196 valence electrons. The van der Waals surface area contributed by atoms with E-state index < -0.39 is 64.9 Å². The van der Waals surface area contributed by atoms with Crippen LogP contribution in [0.3, 0.4) is 0 Å². The summed E-state index contributed by atoms with van der Waals surface area (Å²) in [5.41, 5.74) is 2.33. The maximum atomic E-state index is 14.8. The fourth-order valence-corrected chi connectivity index (χ4v) is 3.62. The standard InChI is InChI=1S/C21H13Cl4F7N2O2/c22-13-5-9(1-2-11(13)19(36)34-33-17(35)3-4-20(27,28)29)16(26)8-12(21(30,31)32)10-6-14(23)18(25)15(24)7-10/h1-2,5-8,12H,3-4H2,(H,33,35)(H,34,36)/b16-8-. The molecule has 2 rings (SSSR count). The summed E-state index contributed by atoms with van der Waals surface area (Å²) in [6.07, 6.45) is -11.6. The summed E-state index contributed by atoms with van der Waals surface area (Å²) in [6.45, 7) is 0. The summed E-state index contributed by atoms with van der Waals surface area (Å²) in [6, 6.07) is 4.51. The average molecular weight is 600 g/mol. The predicted octanol–water partition coefficient (Wildman–Crippen LogP) is 8.06. The second kappa shape index (κ2) is 11.9. The van der Waals surface area contributed by atoms with Gasteiger partial charge in [0.05, 0.1) is 32.1 Å². The molecule has 1 unspecified atom stereocenters. The van der Waals surface area contributed by atoms with Crippen LogP contribution in [0.25, 0.3) is 5.83 Å². The first-order chi connectivity index (χ1) is 16.5. The van der Waals surface area contributed by atoms with Crippen LogP contribution in [0.1, 0.15) is 40.2 Å². The van der Waals surface area contributed by atoms with Crippen molar-refractivity contribution in [1.82, 2.24) is 10.9 Å². The van der Waals surface area contributed by atoms with Crippen LogP contribution in [0.2, 0.25) is 20.1 Å². The summed E-state index contributed by atoms with van der Waals surface area (Å²) >= 11 is 23.2. The molecule has 15 heteroatoms. The number of nitrogens with one attached hydrogen (secondary N) is 2. The molecule has 0 bridgehead atoms. The van der Waals surface area contributed by atoms with Crippen molar-refractivity contribution in [3.63, 3.8) is 0 Å². The monoisotopic (exact) mass is 598 g/mol. The van der Waals surface area contributed by atoms with Crippen LogP contribution < -0.4 is 10.9 Å². The van der Waals surface area contributed by atoms with Gasteiger partial charge in [0.1, 0.15) is 11.7 Å². The Morgan fingerprint density at radius 3 is 1.97 bits per heavy atom. The highest BCUT2D eigenvalue weighted by Gasteiger charge is 2.40. The first kappa shape index (κ1) is 30.0. The topological polar surface area (TPSA) is 58.2 Å². The smallest absolute Gasteiger partial charge is 0.273 e. The molecule has 0 aliphatic rings. The zero-order valence-corrected chi connectivity index (χ0v) is 20.5. The predicted molar refractivity (Wildman–Crippen MR) is 122 cm³/mol. The molecular weight excluding hydrogens is 587 g/mol. The molecular formula is C21H13Cl4F7N2O2. The van der Waals surface area contributed by atoms with Crippen molar-refractivity contribution in [2.24, 2.45) is 0 Å². The normalized spacial score (nSPS) is 13.4. The van der Waals surface area contributed by atoms with Gasteiger partial charge in [0.15, 0.2) is 0 Å². The highest BCUT2D eigenvalue weighted by molar-refractivity contribution is 6.48. The van der Waals surface area contributed by atoms with Crippen LogP contribution in [0.5, 0.6) is 0 Å². The van der Waals surface area contributed by atoms with E-state index in [1.807, 2.05) is 5.43 Å². The van der Waals surface area contributed by atoms with Crippen LogP contribution >= 0.6 is 46.4 Å². The Kier molecular flexibility index (Phi) is 9.91. The van der Waals surface area contributed by atoms with Crippen LogP contribution in [-0.2, 0) is 4.79 Å². The number of hydrogen-bond donors (Lipinski definition) is 2. The van der Waals surface area contributed by atoms with Gasteiger partial charge >= 0.3 is 12.4 Å². The number of hydrogen-bond acceptors (Lipinski definition) is 2. The van der Waals surface area contributed by atoms with Gasteiger partial charge in [0.25, 0.3) is 5.91 Å². The summed E-state index contributed by atoms with van der Waals surface area (Å²) in [7, 11) is 0. The molecule has 36 heavy (non-hydrogen) atoms. The number of benzene rings is 2. The maximum absolute atomic E-state index is 14.8. The van der Waals surface area contributed by atoms with Crippen molar-refractivity contribution in [2.75, 3.05) is 0 Å². The van der Waals surface area contributed by atoms with Crippen molar-refractivity contribution in [3.8, 4) is 0 Å². The van der Waals surface area contributed by atoms with Gasteiger partial charge in [-0.15, -0.1) is 0 Å². The molecule has 2 N–H and O–H groups in total. The number of alkyl halides is 6. The highest BCUT2D eigenvalue weighted by Crippen LogP contribution is 2.42. The van der Waals surface area contributed by atoms with E-state index in [9.17, 15) is 40.3 Å². The van der Waals surface area contributed by atoms with Crippen molar-refractivity contribution >= 4 is 64.0 Å². The molecule has 0 aliphatic heterocycles. The molecule has 0 radical (unpaired) electrons. The van der Waals surface area contributed by atoms with Gasteiger partial charge in [-0.05, 0) is 35.9 Å². The number of rotatable bonds is 6. The lowest BCUT2D eigenvalue weighted by Crippen LogP contribution is -2.42. The molecule has 1 atom stereocenters. The minimum Gasteiger partial charge on any atom is -0.273 e. The Balaban J connectivity index is 2.23. The lowest BCUT2D eigenvalue weighted by atomic mass is 9.96. The molecule has 2 amide bonds. The number of amides is 2. The summed E-state index contributed by atoms with van der Waals surface area (Å²) in [5.74, 6) is -6.02. The number of allylic oxidation sites excluding steroid dienone is 1. The Morgan fingerprint density at radius 1 is 0.889 bits per heavy atom. The van der Waals surface area contributed by atoms with Crippen molar-refractivity contribution < 1.29 is 40.3 Å². The van der Waals surface area contributed by atoms with Crippen LogP contribution in [0.4, 0.5) is 30.7 Å². The molecule has 0 saturated carbocycles. The highest BCUT2D eigenvalue weighted by atomic mass is 35.5. The second-order valence-corrected chi connectivity index (χ2v) is 8.74. The van der Waals surface area contributed by atoms with Gasteiger partial charge in [0.2, 0.25) is 5.91 Å². The quantitative estimate of drug-likeness (QED) is 0.200. The van der Waals surface area contributed by atoms with E-state index in [0.717, 1.165) is 30.3 Å². The Hall–Kier alpha value is -2.21. The van der Waals surface area contributed by atoms with E-state index in [-0.39, 0.29) is 26.7 Å². The fourth-order valence-electron chi connectivity index (χ4n) is 2.74. The van der Waals surface area contributed by atoms with E-state index in [1.54, 1.807) is 5.43 Å². The molecule has 2 aromatic rings. The number of carbonyl (C=O) groups is 2. The minimum atomic E-state index is -4.95. The number of hydrazine groups is 1. The molecule has 0 spiro atoms. The van der Waals surface area contributed by atoms with Crippen molar-refractivity contribution in [3.05, 3.63) is 73.2 Å². The first-order valence-corrected chi connectivity index (χ1v) is 11.0. The van der Waals surface area contributed by atoms with Gasteiger partial charge in [-0.1, -0.05) is 52.5 Å². The van der Waals surface area contributed by atoms with Gasteiger partial charge in [-0.3, -0.25) is 20.4 Å². The molecule has 0 aliphatic carbocycles. The summed E-state index contributed by atoms with van der Waals surface area (Å²) < 4.78 is 92.2. The van der Waals surface area contributed by atoms with Crippen LogP contribution in [-0.4, -0.2) is 24.2 Å². The zero-order valence-electron chi connectivity index (χ0n) is 17.4. The largest absolute Gasteiger partial charge is 0.399 e. The van der Waals surface area contributed by atoms with Gasteiger partial charge < -0.3 is 0 Å². The molecule has 0 heterocycles. The Labute approximate surface area is 219 Å². The third-order valence-corrected chi connectivity index (χ3v) is 5.98. The third-order valence-electron chi connectivity index (χ3n) is 4.47. The van der Waals surface area contributed by atoms with E-state index in [0.29, 0.717) is 0 Å². The Morgan fingerprint density at radius 2 is 1.47 bits per heavy atom. The van der Waals surface area contributed by atoms with E-state index in [1.165, 1.54) is 0 Å². The van der Waals surface area contributed by atoms with Crippen LogP contribution in [0.15, 0.2) is 36.4 Å². The van der Waals surface area contributed by atoms with Gasteiger partial charge in [-0.2, -0.15) is 26.3 Å². The van der Waals surface area contributed by atoms with E-state index in [4.69, 9.17) is 46.4 Å². The van der Waals surface area contributed by atoms with Gasteiger partial charge in [-0.25, -0.2) is 4.39 Å². The van der Waals surface area contributed by atoms with E-state index >= 15 is 0 Å². The zero-order chi connectivity index (χ0) is 27.4. The Bertz CT molecular complexity index is 1160. The second-order valence-electron chi connectivity index (χ2n) is 7.14. The SMILES string of the molecule is O=C(CCC(F)(F)F)NNC(=O)c1ccc(/C(F)=C/C(c2cc(Cl)c(Cl)c(Cl)c2)C(F)(F)F)cc1Cl. The number of carbonyl (C=O) groups excluding carboxylic acids is 2. The molecule has 2 aromatic carbocycles. The maximum Gasteiger partial charge on any atom is 0.399 e. The third kappa shape index (κ3) is 8.43. The molecule has 0 aromatic heterocycles. The fraction of sp³-hybridized carbons (Fsp3) is 0.238. The lowest BCUT2D eigenvalue weighted by molar-refractivity contribution is -0.144. The molecule has 0 fully saturated rings. The molecule has 4 nitrogen and oxygen atoms in total. The molecule has 0 saturated heterocycles. The average Bonchev–Trinajstić information content (AvgIpc) is 2.76. The number of halogens is 11. The summed E-state index contributed by atoms with van der Waals surface area (Å²) in [5, 5.41) is -1.14. The minimum absolute atomic E-state index is 0.176. The van der Waals surface area contributed by atoms with Gasteiger partial charge in [0, 0.05) is 12.0 Å². The van der Waals surface area contributed by atoms with E-state index in [2.05, 4.69) is 0 Å². The van der Waals surface area contributed by atoms with Crippen LogP contribution in [0, 0.1) is 0 Å². The van der Waals surface area contributed by atoms with Crippen molar-refractivity contribution in [1.29, 1.82) is 0 Å². The first-order valence-electron chi connectivity index (χ1n) is 9.54. The summed E-state index contributed by atoms with van der Waals surface area (Å²) in [4.78, 5) is 23.5. The lowest BCUT2D eigenvalue weighted by Gasteiger charge is -2.19.